The van der Waals surface area contributed by atoms with E-state index in [-0.39, 0.29) is 5.54 Å². The molecule has 1 aliphatic rings. The monoisotopic (exact) mass is 286 g/mol. The molecule has 3 rings (SSSR count). The van der Waals surface area contributed by atoms with E-state index in [1.807, 2.05) is 0 Å². The second-order valence-electron chi connectivity index (χ2n) is 7.04. The highest BCUT2D eigenvalue weighted by molar-refractivity contribution is 5.81. The third-order valence-corrected chi connectivity index (χ3v) is 4.87. The van der Waals surface area contributed by atoms with Crippen molar-refractivity contribution in [1.29, 1.82) is 0 Å². The van der Waals surface area contributed by atoms with Gasteiger partial charge in [-0.15, -0.1) is 0 Å². The summed E-state index contributed by atoms with van der Waals surface area (Å²) in [7, 11) is 4.27. The molecule has 0 N–H and O–H groups in total. The average molecular weight is 286 g/mol. The number of rotatable bonds is 5. The molecule has 0 spiro atoms. The van der Waals surface area contributed by atoms with Crippen LogP contribution >= 0.6 is 0 Å². The van der Waals surface area contributed by atoms with Crippen molar-refractivity contribution in [3.05, 3.63) is 30.5 Å². The number of likely N-dealkylation sites (N-methyl/N-ethyl adjacent to an activating group) is 1. The van der Waals surface area contributed by atoms with Crippen LogP contribution in [0.1, 0.15) is 33.1 Å². The van der Waals surface area contributed by atoms with Crippen molar-refractivity contribution in [3.63, 3.8) is 0 Å². The van der Waals surface area contributed by atoms with Crippen molar-refractivity contribution in [1.82, 2.24) is 9.47 Å². The van der Waals surface area contributed by atoms with Gasteiger partial charge in [-0.3, -0.25) is 0 Å². The van der Waals surface area contributed by atoms with Crippen molar-refractivity contribution in [2.24, 2.45) is 0 Å². The molecule has 0 amide bonds. The highest BCUT2D eigenvalue weighted by Gasteiger charge is 2.22. The number of benzene rings is 1. The van der Waals surface area contributed by atoms with Crippen molar-refractivity contribution < 1.29 is 4.74 Å². The fourth-order valence-corrected chi connectivity index (χ4v) is 2.63. The standard InChI is InChI=1S/C18H26N2O/c1-18(2,19(3)4)13-20-11-10-14-12-16(8-9-17(14)20)21-15-6-5-7-15/h8-12,15H,5-7,13H2,1-4H3. The first-order valence-electron chi connectivity index (χ1n) is 7.89. The molecule has 3 nitrogen and oxygen atoms in total. The van der Waals surface area contributed by atoms with Gasteiger partial charge in [-0.2, -0.15) is 0 Å². The molecule has 3 heteroatoms. The van der Waals surface area contributed by atoms with Crippen LogP contribution in [-0.4, -0.2) is 35.2 Å². The van der Waals surface area contributed by atoms with E-state index in [2.05, 4.69) is 67.9 Å². The van der Waals surface area contributed by atoms with E-state index in [4.69, 9.17) is 4.74 Å². The van der Waals surface area contributed by atoms with Gasteiger partial charge >= 0.3 is 0 Å². The number of nitrogens with zero attached hydrogens (tertiary/aromatic N) is 2. The first-order chi connectivity index (χ1) is 9.95. The fourth-order valence-electron chi connectivity index (χ4n) is 2.63. The summed E-state index contributed by atoms with van der Waals surface area (Å²) < 4.78 is 8.33. The number of fused-ring (bicyclic) bond motifs is 1. The van der Waals surface area contributed by atoms with Crippen LogP contribution in [0.15, 0.2) is 30.5 Å². The minimum Gasteiger partial charge on any atom is -0.490 e. The Labute approximate surface area is 127 Å². The van der Waals surface area contributed by atoms with Gasteiger partial charge in [-0.05, 0) is 71.5 Å². The van der Waals surface area contributed by atoms with Crippen molar-refractivity contribution in [2.75, 3.05) is 14.1 Å². The van der Waals surface area contributed by atoms with E-state index in [0.717, 1.165) is 12.3 Å². The van der Waals surface area contributed by atoms with Crippen LogP contribution in [0, 0.1) is 0 Å². The summed E-state index contributed by atoms with van der Waals surface area (Å²) in [4.78, 5) is 2.27. The normalized spacial score (nSPS) is 16.4. The molecule has 0 radical (unpaired) electrons. The van der Waals surface area contributed by atoms with Crippen LogP contribution in [0.4, 0.5) is 0 Å². The predicted molar refractivity (Wildman–Crippen MR) is 88.0 cm³/mol. The maximum Gasteiger partial charge on any atom is 0.120 e. The molecule has 21 heavy (non-hydrogen) atoms. The van der Waals surface area contributed by atoms with Gasteiger partial charge in [0.05, 0.1) is 6.10 Å². The molecule has 1 saturated carbocycles. The Hall–Kier alpha value is -1.48. The molecule has 1 heterocycles. The molecule has 0 aliphatic heterocycles. The predicted octanol–water partition coefficient (Wildman–Crippen LogP) is 3.91. The Kier molecular flexibility index (Phi) is 3.70. The molecule has 2 aromatic rings. The summed E-state index contributed by atoms with van der Waals surface area (Å²) in [5, 5.41) is 1.27. The summed E-state index contributed by atoms with van der Waals surface area (Å²) in [5.41, 5.74) is 1.42. The number of hydrogen-bond acceptors (Lipinski definition) is 2. The zero-order valence-corrected chi connectivity index (χ0v) is 13.6. The van der Waals surface area contributed by atoms with Gasteiger partial charge in [0, 0.05) is 29.2 Å². The van der Waals surface area contributed by atoms with Crippen LogP contribution in [-0.2, 0) is 6.54 Å². The quantitative estimate of drug-likeness (QED) is 0.829. The van der Waals surface area contributed by atoms with Crippen molar-refractivity contribution in [3.8, 4) is 5.75 Å². The molecular weight excluding hydrogens is 260 g/mol. The third kappa shape index (κ3) is 2.93. The van der Waals surface area contributed by atoms with Crippen LogP contribution in [0.3, 0.4) is 0 Å². The van der Waals surface area contributed by atoms with E-state index in [9.17, 15) is 0 Å². The minimum atomic E-state index is 0.132. The van der Waals surface area contributed by atoms with Gasteiger partial charge < -0.3 is 14.2 Å². The van der Waals surface area contributed by atoms with Gasteiger partial charge in [-0.25, -0.2) is 0 Å². The first kappa shape index (κ1) is 14.5. The van der Waals surface area contributed by atoms with E-state index in [1.165, 1.54) is 30.2 Å². The summed E-state index contributed by atoms with van der Waals surface area (Å²) in [6.07, 6.45) is 6.34. The van der Waals surface area contributed by atoms with E-state index >= 15 is 0 Å². The van der Waals surface area contributed by atoms with E-state index < -0.39 is 0 Å². The molecule has 114 valence electrons. The Morgan fingerprint density at radius 1 is 1.24 bits per heavy atom. The second kappa shape index (κ2) is 5.38. The van der Waals surface area contributed by atoms with Gasteiger partial charge in [0.2, 0.25) is 0 Å². The lowest BCUT2D eigenvalue weighted by atomic mass is 9.96. The lowest BCUT2D eigenvalue weighted by molar-refractivity contribution is 0.120. The topological polar surface area (TPSA) is 17.4 Å². The van der Waals surface area contributed by atoms with E-state index in [1.54, 1.807) is 0 Å². The fraction of sp³-hybridized carbons (Fsp3) is 0.556. The second-order valence-corrected chi connectivity index (χ2v) is 7.04. The Morgan fingerprint density at radius 2 is 2.00 bits per heavy atom. The van der Waals surface area contributed by atoms with Gasteiger partial charge in [-0.1, -0.05) is 0 Å². The molecule has 0 bridgehead atoms. The number of hydrogen-bond donors (Lipinski definition) is 0. The minimum absolute atomic E-state index is 0.132. The summed E-state index contributed by atoms with van der Waals surface area (Å²) in [6, 6.07) is 8.66. The van der Waals surface area contributed by atoms with E-state index in [0.29, 0.717) is 6.10 Å². The van der Waals surface area contributed by atoms with Crippen LogP contribution < -0.4 is 4.74 Å². The highest BCUT2D eigenvalue weighted by Crippen LogP contribution is 2.28. The van der Waals surface area contributed by atoms with Crippen LogP contribution in [0.2, 0.25) is 0 Å². The van der Waals surface area contributed by atoms with Crippen LogP contribution in [0.25, 0.3) is 10.9 Å². The molecule has 0 unspecified atom stereocenters. The summed E-state index contributed by atoms with van der Waals surface area (Å²) >= 11 is 0. The molecule has 1 aromatic carbocycles. The summed E-state index contributed by atoms with van der Waals surface area (Å²) in [6.45, 7) is 5.52. The Balaban J connectivity index is 1.82. The van der Waals surface area contributed by atoms with Crippen molar-refractivity contribution in [2.45, 2.75) is 51.3 Å². The largest absolute Gasteiger partial charge is 0.490 e. The first-order valence-corrected chi connectivity index (χ1v) is 7.89. The molecule has 0 saturated heterocycles. The lowest BCUT2D eigenvalue weighted by Gasteiger charge is -2.33. The maximum atomic E-state index is 5.99. The maximum absolute atomic E-state index is 5.99. The molecule has 1 aromatic heterocycles. The van der Waals surface area contributed by atoms with Gasteiger partial charge in [0.25, 0.3) is 0 Å². The average Bonchev–Trinajstić information content (AvgIpc) is 2.76. The Bertz CT molecular complexity index is 623. The van der Waals surface area contributed by atoms with Gasteiger partial charge in [0.1, 0.15) is 5.75 Å². The molecule has 1 fully saturated rings. The van der Waals surface area contributed by atoms with Crippen molar-refractivity contribution >= 4 is 10.9 Å². The number of ether oxygens (including phenoxy) is 1. The summed E-state index contributed by atoms with van der Waals surface area (Å²) in [5.74, 6) is 1.01. The molecule has 0 atom stereocenters. The molecular formula is C18H26N2O. The molecule has 1 aliphatic carbocycles. The third-order valence-electron chi connectivity index (χ3n) is 4.87. The van der Waals surface area contributed by atoms with Crippen LogP contribution in [0.5, 0.6) is 5.75 Å². The van der Waals surface area contributed by atoms with Gasteiger partial charge in [0.15, 0.2) is 0 Å². The highest BCUT2D eigenvalue weighted by atomic mass is 16.5. The zero-order chi connectivity index (χ0) is 15.0. The SMILES string of the molecule is CN(C)C(C)(C)Cn1ccc2cc(OC3CCC3)ccc21. The number of aromatic nitrogens is 1. The smallest absolute Gasteiger partial charge is 0.120 e. The Morgan fingerprint density at radius 3 is 2.62 bits per heavy atom. The zero-order valence-electron chi connectivity index (χ0n) is 13.6. The lowest BCUT2D eigenvalue weighted by Crippen LogP contribution is -2.41.